The van der Waals surface area contributed by atoms with Gasteiger partial charge in [0.15, 0.2) is 0 Å². The Morgan fingerprint density at radius 2 is 1.83 bits per heavy atom. The van der Waals surface area contributed by atoms with Gasteiger partial charge in [0.1, 0.15) is 5.82 Å². The summed E-state index contributed by atoms with van der Waals surface area (Å²) in [6.45, 7) is 2.76. The fraction of sp³-hybridized carbons (Fsp3) is 0.200. The highest BCUT2D eigenvalue weighted by Crippen LogP contribution is 2.21. The topological polar surface area (TPSA) is 12.0 Å². The Labute approximate surface area is 115 Å². The van der Waals surface area contributed by atoms with Crippen LogP contribution in [0, 0.1) is 5.82 Å². The Morgan fingerprint density at radius 3 is 2.56 bits per heavy atom. The van der Waals surface area contributed by atoms with Gasteiger partial charge in [0.05, 0.1) is 5.69 Å². The molecule has 2 aromatic carbocycles. The molecule has 0 saturated heterocycles. The van der Waals surface area contributed by atoms with E-state index in [0.29, 0.717) is 12.2 Å². The molecule has 0 spiro atoms. The molecule has 0 radical (unpaired) electrons. The predicted octanol–water partition coefficient (Wildman–Crippen LogP) is 4.76. The van der Waals surface area contributed by atoms with Crippen LogP contribution in [0.4, 0.5) is 10.1 Å². The molecule has 94 valence electrons. The van der Waals surface area contributed by atoms with Gasteiger partial charge in [0, 0.05) is 11.0 Å². The molecule has 0 bridgehead atoms. The van der Waals surface area contributed by atoms with Crippen molar-refractivity contribution in [2.75, 3.05) is 5.32 Å². The van der Waals surface area contributed by atoms with Crippen molar-refractivity contribution in [1.29, 1.82) is 0 Å². The van der Waals surface area contributed by atoms with Crippen molar-refractivity contribution in [3.8, 4) is 0 Å². The van der Waals surface area contributed by atoms with E-state index in [1.165, 1.54) is 17.2 Å². The van der Waals surface area contributed by atoms with Crippen molar-refractivity contribution >= 4 is 21.6 Å². The third kappa shape index (κ3) is 3.10. The maximum Gasteiger partial charge on any atom is 0.146 e. The molecule has 0 amide bonds. The molecule has 18 heavy (non-hydrogen) atoms. The highest BCUT2D eigenvalue weighted by Gasteiger charge is 2.04. The van der Waals surface area contributed by atoms with E-state index in [9.17, 15) is 4.39 Å². The second kappa shape index (κ2) is 6.01. The van der Waals surface area contributed by atoms with E-state index >= 15 is 0 Å². The van der Waals surface area contributed by atoms with Gasteiger partial charge in [0.25, 0.3) is 0 Å². The minimum absolute atomic E-state index is 0.229. The molecule has 0 atom stereocenters. The smallest absolute Gasteiger partial charge is 0.146 e. The summed E-state index contributed by atoms with van der Waals surface area (Å²) in [4.78, 5) is 0. The summed E-state index contributed by atoms with van der Waals surface area (Å²) in [5.74, 6) is -0.229. The third-order valence-corrected chi connectivity index (χ3v) is 3.39. The number of rotatable bonds is 4. The van der Waals surface area contributed by atoms with Crippen LogP contribution in [0.3, 0.4) is 0 Å². The lowest BCUT2D eigenvalue weighted by Gasteiger charge is -2.11. The molecule has 3 heteroatoms. The molecule has 1 N–H and O–H groups in total. The first kappa shape index (κ1) is 13.1. The lowest BCUT2D eigenvalue weighted by molar-refractivity contribution is 0.630. The maximum atomic E-state index is 13.6. The quantitative estimate of drug-likeness (QED) is 0.858. The van der Waals surface area contributed by atoms with Crippen LogP contribution in [0.2, 0.25) is 0 Å². The fourth-order valence-electron chi connectivity index (χ4n) is 1.90. The van der Waals surface area contributed by atoms with Gasteiger partial charge in [-0.15, -0.1) is 0 Å². The van der Waals surface area contributed by atoms with Crippen molar-refractivity contribution in [2.45, 2.75) is 19.9 Å². The van der Waals surface area contributed by atoms with Gasteiger partial charge in [0.2, 0.25) is 0 Å². The lowest BCUT2D eigenvalue weighted by Crippen LogP contribution is -2.04. The van der Waals surface area contributed by atoms with E-state index in [0.717, 1.165) is 10.9 Å². The average molecular weight is 308 g/mol. The Kier molecular flexibility index (Phi) is 4.37. The standard InChI is InChI=1S/C15H15BrFN/c1-2-11-5-3-4-6-12(11)10-18-15-9-13(16)7-8-14(15)17/h3-9,18H,2,10H2,1H3. The van der Waals surface area contributed by atoms with Crippen LogP contribution in [0.1, 0.15) is 18.1 Å². The van der Waals surface area contributed by atoms with E-state index in [1.54, 1.807) is 12.1 Å². The van der Waals surface area contributed by atoms with Crippen LogP contribution in [0.15, 0.2) is 46.9 Å². The first-order valence-electron chi connectivity index (χ1n) is 5.96. The largest absolute Gasteiger partial charge is 0.379 e. The summed E-state index contributed by atoms with van der Waals surface area (Å²) in [5, 5.41) is 3.14. The maximum absolute atomic E-state index is 13.6. The Bertz CT molecular complexity index is 540. The van der Waals surface area contributed by atoms with Gasteiger partial charge in [-0.1, -0.05) is 47.1 Å². The van der Waals surface area contributed by atoms with Gasteiger partial charge < -0.3 is 5.32 Å². The number of nitrogens with one attached hydrogen (secondary N) is 1. The molecule has 1 nitrogen and oxygen atoms in total. The van der Waals surface area contributed by atoms with E-state index in [1.807, 2.05) is 12.1 Å². The molecular weight excluding hydrogens is 293 g/mol. The minimum Gasteiger partial charge on any atom is -0.379 e. The number of aryl methyl sites for hydroxylation is 1. The van der Waals surface area contributed by atoms with Crippen LogP contribution < -0.4 is 5.32 Å². The molecule has 2 rings (SSSR count). The van der Waals surface area contributed by atoms with Crippen molar-refractivity contribution < 1.29 is 4.39 Å². The van der Waals surface area contributed by atoms with E-state index < -0.39 is 0 Å². The molecule has 0 saturated carbocycles. The van der Waals surface area contributed by atoms with Gasteiger partial charge in [-0.05, 0) is 35.7 Å². The van der Waals surface area contributed by atoms with Gasteiger partial charge in [-0.25, -0.2) is 4.39 Å². The number of benzene rings is 2. The number of hydrogen-bond acceptors (Lipinski definition) is 1. The number of hydrogen-bond donors (Lipinski definition) is 1. The van der Waals surface area contributed by atoms with Crippen LogP contribution in [0.5, 0.6) is 0 Å². The summed E-state index contributed by atoms with van der Waals surface area (Å²) in [5.41, 5.74) is 3.02. The summed E-state index contributed by atoms with van der Waals surface area (Å²) in [6, 6.07) is 13.1. The number of anilines is 1. The van der Waals surface area contributed by atoms with Crippen molar-refractivity contribution in [3.05, 3.63) is 63.9 Å². The zero-order valence-electron chi connectivity index (χ0n) is 10.2. The summed E-state index contributed by atoms with van der Waals surface area (Å²) < 4.78 is 14.4. The Morgan fingerprint density at radius 1 is 1.11 bits per heavy atom. The normalized spacial score (nSPS) is 10.4. The van der Waals surface area contributed by atoms with Crippen molar-refractivity contribution in [1.82, 2.24) is 0 Å². The van der Waals surface area contributed by atoms with Crippen LogP contribution in [0.25, 0.3) is 0 Å². The van der Waals surface area contributed by atoms with Gasteiger partial charge >= 0.3 is 0 Å². The SMILES string of the molecule is CCc1ccccc1CNc1cc(Br)ccc1F. The Balaban J connectivity index is 2.14. The van der Waals surface area contributed by atoms with Crippen LogP contribution in [-0.2, 0) is 13.0 Å². The Hall–Kier alpha value is -1.35. The molecule has 0 aromatic heterocycles. The minimum atomic E-state index is -0.229. The van der Waals surface area contributed by atoms with E-state index in [2.05, 4.69) is 40.3 Å². The first-order valence-corrected chi connectivity index (χ1v) is 6.75. The van der Waals surface area contributed by atoms with Crippen LogP contribution >= 0.6 is 15.9 Å². The van der Waals surface area contributed by atoms with Gasteiger partial charge in [-0.3, -0.25) is 0 Å². The summed E-state index contributed by atoms with van der Waals surface area (Å²) in [6.07, 6.45) is 0.985. The molecule has 2 aromatic rings. The zero-order chi connectivity index (χ0) is 13.0. The highest BCUT2D eigenvalue weighted by molar-refractivity contribution is 9.10. The van der Waals surface area contributed by atoms with E-state index in [-0.39, 0.29) is 5.82 Å². The zero-order valence-corrected chi connectivity index (χ0v) is 11.8. The van der Waals surface area contributed by atoms with Crippen molar-refractivity contribution in [2.24, 2.45) is 0 Å². The van der Waals surface area contributed by atoms with E-state index in [4.69, 9.17) is 0 Å². The monoisotopic (exact) mass is 307 g/mol. The number of halogens is 2. The molecule has 0 aliphatic carbocycles. The summed E-state index contributed by atoms with van der Waals surface area (Å²) >= 11 is 3.34. The molecule has 0 fully saturated rings. The second-order valence-corrected chi connectivity index (χ2v) is 5.02. The van der Waals surface area contributed by atoms with Crippen LogP contribution in [-0.4, -0.2) is 0 Å². The second-order valence-electron chi connectivity index (χ2n) is 4.10. The average Bonchev–Trinajstić information content (AvgIpc) is 2.40. The molecule has 0 unspecified atom stereocenters. The fourth-order valence-corrected chi connectivity index (χ4v) is 2.26. The lowest BCUT2D eigenvalue weighted by atomic mass is 10.1. The predicted molar refractivity (Wildman–Crippen MR) is 77.2 cm³/mol. The molecular formula is C15H15BrFN. The highest BCUT2D eigenvalue weighted by atomic mass is 79.9. The molecule has 0 aliphatic heterocycles. The third-order valence-electron chi connectivity index (χ3n) is 2.90. The first-order chi connectivity index (χ1) is 8.70. The van der Waals surface area contributed by atoms with Crippen molar-refractivity contribution in [3.63, 3.8) is 0 Å². The van der Waals surface area contributed by atoms with Gasteiger partial charge in [-0.2, -0.15) is 0 Å². The summed E-state index contributed by atoms with van der Waals surface area (Å²) in [7, 11) is 0. The molecule has 0 heterocycles. The molecule has 0 aliphatic rings.